The normalized spacial score (nSPS) is 10.8. The number of amides is 2. The zero-order valence-electron chi connectivity index (χ0n) is 15.5. The van der Waals surface area contributed by atoms with Crippen LogP contribution in [0.5, 0.6) is 0 Å². The third-order valence-electron chi connectivity index (χ3n) is 3.63. The Morgan fingerprint density at radius 2 is 2.04 bits per heavy atom. The van der Waals surface area contributed by atoms with Gasteiger partial charge >= 0.3 is 0 Å². The summed E-state index contributed by atoms with van der Waals surface area (Å²) < 4.78 is 1.62. The summed E-state index contributed by atoms with van der Waals surface area (Å²) in [4.78, 5) is 25.9. The lowest BCUT2D eigenvalue weighted by Gasteiger charge is -2.20. The summed E-state index contributed by atoms with van der Waals surface area (Å²) in [6.45, 7) is 8.12. The van der Waals surface area contributed by atoms with Gasteiger partial charge in [-0.1, -0.05) is 30.0 Å². The number of carbonyl (C=O) groups is 2. The number of thioether (sulfide) groups is 1. The molecule has 2 amide bonds. The maximum atomic E-state index is 12.5. The number of nitrogens with zero attached hydrogens (tertiary/aromatic N) is 5. The number of likely N-dealkylation sites (N-methyl/N-ethyl adjacent to an activating group) is 1. The van der Waals surface area contributed by atoms with Gasteiger partial charge in [0.05, 0.1) is 18.0 Å². The average Bonchev–Trinajstić information content (AvgIpc) is 3.05. The number of rotatable bonds is 8. The van der Waals surface area contributed by atoms with Crippen LogP contribution in [0.15, 0.2) is 29.4 Å². The molecule has 9 heteroatoms. The summed E-state index contributed by atoms with van der Waals surface area (Å²) in [5.41, 5.74) is 1.91. The Labute approximate surface area is 157 Å². The van der Waals surface area contributed by atoms with Crippen molar-refractivity contribution >= 4 is 23.6 Å². The maximum absolute atomic E-state index is 12.5. The van der Waals surface area contributed by atoms with Crippen molar-refractivity contribution in [2.45, 2.75) is 38.9 Å². The molecule has 1 N–H and O–H groups in total. The zero-order valence-corrected chi connectivity index (χ0v) is 16.3. The molecule has 0 saturated carbocycles. The second-order valence-electron chi connectivity index (χ2n) is 6.08. The Morgan fingerprint density at radius 1 is 1.31 bits per heavy atom. The van der Waals surface area contributed by atoms with Crippen molar-refractivity contribution in [2.24, 2.45) is 0 Å². The van der Waals surface area contributed by atoms with Crippen molar-refractivity contribution < 1.29 is 9.59 Å². The van der Waals surface area contributed by atoms with E-state index in [-0.39, 0.29) is 30.2 Å². The standard InChI is InChI=1S/C17H24N6O2S/c1-5-22(10-15(24)18-12(2)3)16(25)11-26-17-19-20-21-23(17)14-9-7-6-8-13(14)4/h6-9,12H,5,10-11H2,1-4H3,(H,18,24). The van der Waals surface area contributed by atoms with E-state index in [4.69, 9.17) is 0 Å². The third-order valence-corrected chi connectivity index (χ3v) is 4.53. The minimum Gasteiger partial charge on any atom is -0.352 e. The summed E-state index contributed by atoms with van der Waals surface area (Å²) in [6, 6.07) is 7.80. The molecule has 0 aliphatic rings. The van der Waals surface area contributed by atoms with Crippen molar-refractivity contribution in [2.75, 3.05) is 18.8 Å². The molecule has 140 valence electrons. The number of hydrogen-bond donors (Lipinski definition) is 1. The summed E-state index contributed by atoms with van der Waals surface area (Å²) in [5.74, 6) is -0.129. The van der Waals surface area contributed by atoms with Crippen molar-refractivity contribution in [3.05, 3.63) is 29.8 Å². The predicted molar refractivity (Wildman–Crippen MR) is 100 cm³/mol. The number of hydrogen-bond acceptors (Lipinski definition) is 6. The summed E-state index contributed by atoms with van der Waals surface area (Å²) in [7, 11) is 0. The van der Waals surface area contributed by atoms with Crippen molar-refractivity contribution in [1.82, 2.24) is 30.4 Å². The average molecular weight is 376 g/mol. The molecule has 2 aromatic rings. The van der Waals surface area contributed by atoms with Crippen molar-refractivity contribution in [3.8, 4) is 5.69 Å². The maximum Gasteiger partial charge on any atom is 0.239 e. The van der Waals surface area contributed by atoms with Gasteiger partial charge in [-0.15, -0.1) is 5.10 Å². The lowest BCUT2D eigenvalue weighted by molar-refractivity contribution is -0.134. The first-order valence-corrected chi connectivity index (χ1v) is 9.45. The Hall–Kier alpha value is -2.42. The molecule has 0 aliphatic carbocycles. The topological polar surface area (TPSA) is 93.0 Å². The van der Waals surface area contributed by atoms with Crippen LogP contribution in [-0.4, -0.2) is 61.8 Å². The predicted octanol–water partition coefficient (Wildman–Crippen LogP) is 1.44. The molecule has 0 unspecified atom stereocenters. The van der Waals surface area contributed by atoms with Gasteiger partial charge in [-0.3, -0.25) is 9.59 Å². The fourth-order valence-electron chi connectivity index (χ4n) is 2.36. The SMILES string of the molecule is CCN(CC(=O)NC(C)C)C(=O)CSc1nnnn1-c1ccccc1C. The minimum atomic E-state index is -0.162. The third kappa shape index (κ3) is 5.29. The second kappa shape index (κ2) is 9.33. The highest BCUT2D eigenvalue weighted by Gasteiger charge is 2.18. The highest BCUT2D eigenvalue weighted by atomic mass is 32.2. The van der Waals surface area contributed by atoms with Crippen LogP contribution in [0.25, 0.3) is 5.69 Å². The fraction of sp³-hybridized carbons (Fsp3) is 0.471. The lowest BCUT2D eigenvalue weighted by Crippen LogP contribution is -2.43. The first-order valence-electron chi connectivity index (χ1n) is 8.46. The number of para-hydroxylation sites is 1. The van der Waals surface area contributed by atoms with Gasteiger partial charge in [0, 0.05) is 12.6 Å². The molecule has 0 fully saturated rings. The van der Waals surface area contributed by atoms with Gasteiger partial charge in [-0.25, -0.2) is 0 Å². The largest absolute Gasteiger partial charge is 0.352 e. The molecule has 1 heterocycles. The van der Waals surface area contributed by atoms with Crippen LogP contribution >= 0.6 is 11.8 Å². The number of aromatic nitrogens is 4. The zero-order chi connectivity index (χ0) is 19.1. The Kier molecular flexibility index (Phi) is 7.14. The van der Waals surface area contributed by atoms with Gasteiger partial charge in [0.2, 0.25) is 17.0 Å². The molecule has 1 aromatic heterocycles. The molecule has 1 aromatic carbocycles. The van der Waals surface area contributed by atoms with E-state index >= 15 is 0 Å². The minimum absolute atomic E-state index is 0.0458. The van der Waals surface area contributed by atoms with E-state index in [1.54, 1.807) is 4.68 Å². The molecule has 0 atom stereocenters. The smallest absolute Gasteiger partial charge is 0.239 e. The monoisotopic (exact) mass is 376 g/mol. The van der Waals surface area contributed by atoms with Crippen LogP contribution in [0, 0.1) is 6.92 Å². The van der Waals surface area contributed by atoms with E-state index in [1.807, 2.05) is 52.0 Å². The van der Waals surface area contributed by atoms with Crippen molar-refractivity contribution in [3.63, 3.8) is 0 Å². The number of aryl methyl sites for hydroxylation is 1. The number of nitrogens with one attached hydrogen (secondary N) is 1. The van der Waals surface area contributed by atoms with Gasteiger partial charge in [0.25, 0.3) is 0 Å². The fourth-order valence-corrected chi connectivity index (χ4v) is 3.14. The molecule has 0 spiro atoms. The van der Waals surface area contributed by atoms with Crippen LogP contribution < -0.4 is 5.32 Å². The van der Waals surface area contributed by atoms with Gasteiger partial charge in [0.15, 0.2) is 0 Å². The number of carbonyl (C=O) groups excluding carboxylic acids is 2. The van der Waals surface area contributed by atoms with Gasteiger partial charge in [-0.2, -0.15) is 4.68 Å². The van der Waals surface area contributed by atoms with E-state index in [0.717, 1.165) is 11.3 Å². The lowest BCUT2D eigenvalue weighted by atomic mass is 10.2. The molecular weight excluding hydrogens is 352 g/mol. The van der Waals surface area contributed by atoms with E-state index in [1.165, 1.54) is 16.7 Å². The quantitative estimate of drug-likeness (QED) is 0.701. The van der Waals surface area contributed by atoms with E-state index in [0.29, 0.717) is 11.7 Å². The van der Waals surface area contributed by atoms with E-state index in [2.05, 4.69) is 20.8 Å². The molecule has 26 heavy (non-hydrogen) atoms. The van der Waals surface area contributed by atoms with Gasteiger partial charge < -0.3 is 10.2 Å². The van der Waals surface area contributed by atoms with E-state index in [9.17, 15) is 9.59 Å². The molecule has 2 rings (SSSR count). The van der Waals surface area contributed by atoms with Gasteiger partial charge in [0.1, 0.15) is 0 Å². The number of tetrazole rings is 1. The Balaban J connectivity index is 2.00. The van der Waals surface area contributed by atoms with Crippen LogP contribution in [-0.2, 0) is 9.59 Å². The molecule has 0 bridgehead atoms. The molecule has 0 radical (unpaired) electrons. The van der Waals surface area contributed by atoms with E-state index < -0.39 is 0 Å². The summed E-state index contributed by atoms with van der Waals surface area (Å²) in [5, 5.41) is 15.1. The molecule has 8 nitrogen and oxygen atoms in total. The molecule has 0 aliphatic heterocycles. The Bertz CT molecular complexity index is 761. The Morgan fingerprint density at radius 3 is 2.69 bits per heavy atom. The molecule has 0 saturated heterocycles. The second-order valence-corrected chi connectivity index (χ2v) is 7.02. The molecular formula is C17H24N6O2S. The first-order chi connectivity index (χ1) is 12.4. The highest BCUT2D eigenvalue weighted by molar-refractivity contribution is 7.99. The number of benzene rings is 1. The van der Waals surface area contributed by atoms with Crippen LogP contribution in [0.1, 0.15) is 26.3 Å². The van der Waals surface area contributed by atoms with Crippen LogP contribution in [0.3, 0.4) is 0 Å². The highest BCUT2D eigenvalue weighted by Crippen LogP contribution is 2.20. The van der Waals surface area contributed by atoms with Crippen molar-refractivity contribution in [1.29, 1.82) is 0 Å². The summed E-state index contributed by atoms with van der Waals surface area (Å²) >= 11 is 1.25. The van der Waals surface area contributed by atoms with Crippen LogP contribution in [0.4, 0.5) is 0 Å². The first kappa shape index (κ1) is 19.9. The van der Waals surface area contributed by atoms with Gasteiger partial charge in [-0.05, 0) is 49.8 Å². The van der Waals surface area contributed by atoms with Crippen LogP contribution in [0.2, 0.25) is 0 Å². The summed E-state index contributed by atoms with van der Waals surface area (Å²) in [6.07, 6.45) is 0.